The van der Waals surface area contributed by atoms with E-state index in [1.54, 1.807) is 28.1 Å². The second-order valence-electron chi connectivity index (χ2n) is 9.90. The number of imidazole rings is 1. The van der Waals surface area contributed by atoms with Crippen molar-refractivity contribution >= 4 is 39.1 Å². The Morgan fingerprint density at radius 1 is 1.08 bits per heavy atom. The highest BCUT2D eigenvalue weighted by Gasteiger charge is 2.36. The maximum absolute atomic E-state index is 14.9. The van der Waals surface area contributed by atoms with Gasteiger partial charge in [0, 0.05) is 19.1 Å². The molecule has 5 heterocycles. The van der Waals surface area contributed by atoms with E-state index in [-0.39, 0.29) is 30.8 Å². The number of rotatable bonds is 6. The molecule has 202 valence electrons. The molecule has 0 unspecified atom stereocenters. The molecular weight excluding hydrogens is 513 g/mol. The third-order valence-corrected chi connectivity index (χ3v) is 8.06. The molecule has 1 fully saturated rings. The first kappa shape index (κ1) is 26.4. The lowest BCUT2D eigenvalue weighted by Gasteiger charge is -2.25. The van der Waals surface area contributed by atoms with Crippen molar-refractivity contribution in [2.24, 2.45) is 0 Å². The van der Waals surface area contributed by atoms with E-state index in [4.69, 9.17) is 4.98 Å². The van der Waals surface area contributed by atoms with Gasteiger partial charge in [-0.2, -0.15) is 0 Å². The molecule has 1 aliphatic heterocycles. The fraction of sp³-hybridized carbons (Fsp3) is 0.462. The Balaban J connectivity index is 1.38. The van der Waals surface area contributed by atoms with Crippen LogP contribution < -0.4 is 10.2 Å². The highest BCUT2D eigenvalue weighted by molar-refractivity contribution is 7.22. The Kier molecular flexibility index (Phi) is 7.03. The molecule has 0 aromatic carbocycles. The highest BCUT2D eigenvalue weighted by atomic mass is 32.1. The summed E-state index contributed by atoms with van der Waals surface area (Å²) >= 11 is 1.46. The molecular formula is C26H31F3N8S. The van der Waals surface area contributed by atoms with E-state index >= 15 is 0 Å². The Bertz CT molecular complexity index is 1450. The van der Waals surface area contributed by atoms with Crippen molar-refractivity contribution in [3.63, 3.8) is 0 Å². The molecule has 0 radical (unpaired) electrons. The van der Waals surface area contributed by atoms with Gasteiger partial charge >= 0.3 is 0 Å². The van der Waals surface area contributed by atoms with Gasteiger partial charge in [0.2, 0.25) is 5.95 Å². The molecule has 5 rings (SSSR count). The first-order valence-electron chi connectivity index (χ1n) is 12.7. The Morgan fingerprint density at radius 2 is 1.87 bits per heavy atom. The largest absolute Gasteiger partial charge is 0.363 e. The van der Waals surface area contributed by atoms with E-state index in [1.165, 1.54) is 11.3 Å². The lowest BCUT2D eigenvalue weighted by Crippen LogP contribution is -2.39. The number of aromatic nitrogens is 5. The predicted molar refractivity (Wildman–Crippen MR) is 145 cm³/mol. The molecule has 0 aliphatic carbocycles. The highest BCUT2D eigenvalue weighted by Crippen LogP contribution is 2.39. The van der Waals surface area contributed by atoms with Gasteiger partial charge in [0.25, 0.3) is 5.92 Å². The lowest BCUT2D eigenvalue weighted by atomic mass is 10.2. The summed E-state index contributed by atoms with van der Waals surface area (Å²) in [6, 6.07) is 3.65. The lowest BCUT2D eigenvalue weighted by molar-refractivity contribution is -0.0138. The van der Waals surface area contributed by atoms with Gasteiger partial charge in [0.05, 0.1) is 36.0 Å². The minimum Gasteiger partial charge on any atom is -0.363 e. The number of thiophene rings is 1. The maximum atomic E-state index is 14.9. The Morgan fingerprint density at radius 3 is 2.55 bits per heavy atom. The molecule has 0 saturated carbocycles. The molecule has 12 heteroatoms. The van der Waals surface area contributed by atoms with Crippen molar-refractivity contribution in [3.8, 4) is 10.6 Å². The minimum absolute atomic E-state index is 0.190. The zero-order valence-corrected chi connectivity index (χ0v) is 22.9. The third-order valence-electron chi connectivity index (χ3n) is 6.78. The topological polar surface area (TPSA) is 75.0 Å². The van der Waals surface area contributed by atoms with Crippen LogP contribution in [-0.2, 0) is 0 Å². The maximum Gasteiger partial charge on any atom is 0.277 e. The molecule has 8 nitrogen and oxygen atoms in total. The molecule has 0 amide bonds. The van der Waals surface area contributed by atoms with Crippen LogP contribution in [0.25, 0.3) is 20.9 Å². The van der Waals surface area contributed by atoms with Crippen molar-refractivity contribution in [3.05, 3.63) is 41.7 Å². The summed E-state index contributed by atoms with van der Waals surface area (Å²) < 4.78 is 45.8. The molecule has 4 aromatic rings. The Hall–Kier alpha value is -3.25. The quantitative estimate of drug-likeness (QED) is 0.328. The van der Waals surface area contributed by atoms with Crippen LogP contribution in [0, 0.1) is 19.7 Å². The summed E-state index contributed by atoms with van der Waals surface area (Å²) in [7, 11) is 0. The van der Waals surface area contributed by atoms with Crippen LogP contribution in [0.2, 0.25) is 0 Å². The van der Waals surface area contributed by atoms with E-state index < -0.39 is 11.7 Å². The van der Waals surface area contributed by atoms with Crippen LogP contribution in [0.3, 0.4) is 0 Å². The summed E-state index contributed by atoms with van der Waals surface area (Å²) in [5.74, 6) is -1.79. The summed E-state index contributed by atoms with van der Waals surface area (Å²) in [6.07, 6.45) is 2.69. The van der Waals surface area contributed by atoms with Crippen molar-refractivity contribution in [2.45, 2.75) is 46.6 Å². The van der Waals surface area contributed by atoms with Crippen molar-refractivity contribution in [1.82, 2.24) is 29.4 Å². The van der Waals surface area contributed by atoms with Gasteiger partial charge in [-0.1, -0.05) is 6.92 Å². The molecule has 38 heavy (non-hydrogen) atoms. The van der Waals surface area contributed by atoms with E-state index in [1.807, 2.05) is 20.8 Å². The number of nitrogens with zero attached hydrogens (tertiary/aromatic N) is 7. The van der Waals surface area contributed by atoms with Gasteiger partial charge in [0.15, 0.2) is 5.82 Å². The van der Waals surface area contributed by atoms with Gasteiger partial charge in [0.1, 0.15) is 27.7 Å². The van der Waals surface area contributed by atoms with E-state index in [0.29, 0.717) is 36.0 Å². The fourth-order valence-electron chi connectivity index (χ4n) is 4.90. The number of hydrogen-bond donors (Lipinski definition) is 1. The van der Waals surface area contributed by atoms with E-state index in [9.17, 15) is 13.2 Å². The van der Waals surface area contributed by atoms with Crippen molar-refractivity contribution in [1.29, 1.82) is 0 Å². The zero-order valence-electron chi connectivity index (χ0n) is 22.1. The molecule has 0 spiro atoms. The standard InChI is InChI=1S/C26H31F3N8S/c1-6-35-9-10-36(14-26(28,29)13-35)18-7-8-20(30-11-18)33-25-31-12-19(27)22(34-25)23-16(4)21-24(38-23)37(15(2)3)17(5)32-21/h7-8,11-12,15H,6,9-10,13-14H2,1-5H3,(H,30,31,33,34). The number of likely N-dealkylation sites (N-methyl/N-ethyl adjacent to an activating group) is 1. The van der Waals surface area contributed by atoms with Crippen LogP contribution in [0.5, 0.6) is 0 Å². The first-order chi connectivity index (χ1) is 18.1. The second kappa shape index (κ2) is 10.1. The average Bonchev–Trinajstić information content (AvgIpc) is 3.30. The smallest absolute Gasteiger partial charge is 0.277 e. The van der Waals surface area contributed by atoms with Crippen molar-refractivity contribution < 1.29 is 13.2 Å². The van der Waals surface area contributed by atoms with Crippen LogP contribution in [0.1, 0.15) is 38.2 Å². The number of alkyl halides is 2. The van der Waals surface area contributed by atoms with Crippen molar-refractivity contribution in [2.75, 3.05) is 42.9 Å². The molecule has 1 aliphatic rings. The number of anilines is 3. The zero-order chi connectivity index (χ0) is 27.2. The predicted octanol–water partition coefficient (Wildman–Crippen LogP) is 5.81. The number of halogens is 3. The van der Waals surface area contributed by atoms with Crippen LogP contribution in [0.4, 0.5) is 30.6 Å². The molecule has 0 atom stereocenters. The summed E-state index contributed by atoms with van der Waals surface area (Å²) in [4.78, 5) is 22.7. The SMILES string of the molecule is CCN1CCN(c2ccc(Nc3ncc(F)c(-c4sc5c(nc(C)n5C(C)C)c4C)n3)nc2)CC(F)(F)C1. The number of aryl methyl sites for hydroxylation is 2. The number of fused-ring (bicyclic) bond motifs is 1. The molecule has 1 saturated heterocycles. The first-order valence-corrected chi connectivity index (χ1v) is 13.5. The van der Waals surface area contributed by atoms with Gasteiger partial charge in [-0.25, -0.2) is 33.1 Å². The van der Waals surface area contributed by atoms with Gasteiger partial charge in [-0.15, -0.1) is 11.3 Å². The van der Waals surface area contributed by atoms with E-state index in [2.05, 4.69) is 38.7 Å². The Labute approximate surface area is 223 Å². The minimum atomic E-state index is -2.81. The van der Waals surface area contributed by atoms with Crippen LogP contribution in [0.15, 0.2) is 24.5 Å². The van der Waals surface area contributed by atoms with Gasteiger partial charge in [-0.05, 0) is 51.9 Å². The molecule has 4 aromatic heterocycles. The van der Waals surface area contributed by atoms with Crippen LogP contribution in [-0.4, -0.2) is 68.0 Å². The number of pyridine rings is 1. The average molecular weight is 545 g/mol. The van der Waals surface area contributed by atoms with E-state index in [0.717, 1.165) is 27.9 Å². The normalized spacial score (nSPS) is 16.4. The van der Waals surface area contributed by atoms with Gasteiger partial charge in [-0.3, -0.25) is 4.90 Å². The third kappa shape index (κ3) is 5.06. The monoisotopic (exact) mass is 544 g/mol. The molecule has 0 bridgehead atoms. The van der Waals surface area contributed by atoms with Crippen LogP contribution >= 0.6 is 11.3 Å². The summed E-state index contributed by atoms with van der Waals surface area (Å²) in [5.41, 5.74) is 2.53. The number of nitrogens with one attached hydrogen (secondary N) is 1. The summed E-state index contributed by atoms with van der Waals surface area (Å²) in [6.45, 7) is 11.0. The van der Waals surface area contributed by atoms with Gasteiger partial charge < -0.3 is 14.8 Å². The fourth-order valence-corrected chi connectivity index (χ4v) is 6.32. The summed E-state index contributed by atoms with van der Waals surface area (Å²) in [5, 5.41) is 3.01. The molecule has 1 N–H and O–H groups in total. The second-order valence-corrected chi connectivity index (χ2v) is 10.9. The number of hydrogen-bond acceptors (Lipinski definition) is 8.